The van der Waals surface area contributed by atoms with Crippen molar-refractivity contribution in [2.75, 3.05) is 0 Å². The number of hydrogen-bond acceptors (Lipinski definition) is 2. The van der Waals surface area contributed by atoms with E-state index < -0.39 is 6.10 Å². The van der Waals surface area contributed by atoms with Crippen molar-refractivity contribution in [3.05, 3.63) is 59.0 Å². The standard InChI is InChI=1S/C13H14O2/c1-9-5-6-11(10(2)8-9)13(14)12-4-3-7-15-12/h3-8,13-14H,1-2H3/t13-/m0/s1. The highest BCUT2D eigenvalue weighted by atomic mass is 16.4. The van der Waals surface area contributed by atoms with Gasteiger partial charge in [0.25, 0.3) is 0 Å². The molecule has 1 aromatic carbocycles. The average molecular weight is 202 g/mol. The van der Waals surface area contributed by atoms with Gasteiger partial charge in [-0.2, -0.15) is 0 Å². The number of furan rings is 1. The van der Waals surface area contributed by atoms with Gasteiger partial charge in [0.15, 0.2) is 0 Å². The van der Waals surface area contributed by atoms with Crippen LogP contribution in [0.2, 0.25) is 0 Å². The molecular weight excluding hydrogens is 188 g/mol. The molecular formula is C13H14O2. The van der Waals surface area contributed by atoms with Gasteiger partial charge in [-0.25, -0.2) is 0 Å². The first kappa shape index (κ1) is 9.99. The summed E-state index contributed by atoms with van der Waals surface area (Å²) in [5, 5.41) is 10.1. The Morgan fingerprint density at radius 1 is 1.20 bits per heavy atom. The Hall–Kier alpha value is -1.54. The minimum absolute atomic E-state index is 0.585. The van der Waals surface area contributed by atoms with Crippen molar-refractivity contribution in [2.24, 2.45) is 0 Å². The van der Waals surface area contributed by atoms with E-state index in [1.807, 2.05) is 26.0 Å². The van der Waals surface area contributed by atoms with Crippen molar-refractivity contribution >= 4 is 0 Å². The van der Waals surface area contributed by atoms with Crippen molar-refractivity contribution < 1.29 is 9.52 Å². The first-order valence-electron chi connectivity index (χ1n) is 4.97. The van der Waals surface area contributed by atoms with Gasteiger partial charge in [0.1, 0.15) is 11.9 Å². The molecule has 0 amide bonds. The lowest BCUT2D eigenvalue weighted by atomic mass is 10.00. The minimum atomic E-state index is -0.666. The van der Waals surface area contributed by atoms with E-state index in [0.717, 1.165) is 11.1 Å². The maximum Gasteiger partial charge on any atom is 0.137 e. The van der Waals surface area contributed by atoms with Gasteiger partial charge in [0.05, 0.1) is 6.26 Å². The highest BCUT2D eigenvalue weighted by molar-refractivity contribution is 5.35. The van der Waals surface area contributed by atoms with E-state index in [0.29, 0.717) is 5.76 Å². The van der Waals surface area contributed by atoms with E-state index >= 15 is 0 Å². The minimum Gasteiger partial charge on any atom is -0.466 e. The van der Waals surface area contributed by atoms with Gasteiger partial charge in [-0.1, -0.05) is 23.8 Å². The second kappa shape index (κ2) is 3.91. The van der Waals surface area contributed by atoms with Gasteiger partial charge in [-0.3, -0.25) is 0 Å². The van der Waals surface area contributed by atoms with E-state index in [4.69, 9.17) is 4.42 Å². The molecule has 1 heterocycles. The van der Waals surface area contributed by atoms with Crippen molar-refractivity contribution in [1.82, 2.24) is 0 Å². The van der Waals surface area contributed by atoms with Crippen LogP contribution >= 0.6 is 0 Å². The fourth-order valence-corrected chi connectivity index (χ4v) is 1.73. The molecule has 0 aliphatic heterocycles. The Kier molecular flexibility index (Phi) is 2.60. The van der Waals surface area contributed by atoms with Crippen molar-refractivity contribution in [2.45, 2.75) is 20.0 Å². The zero-order valence-corrected chi connectivity index (χ0v) is 8.90. The van der Waals surface area contributed by atoms with Gasteiger partial charge in [-0.05, 0) is 37.1 Å². The second-order valence-electron chi connectivity index (χ2n) is 3.78. The predicted molar refractivity (Wildman–Crippen MR) is 58.7 cm³/mol. The van der Waals surface area contributed by atoms with Crippen LogP contribution in [0.5, 0.6) is 0 Å². The Balaban J connectivity index is 2.38. The van der Waals surface area contributed by atoms with Crippen LogP contribution in [0.1, 0.15) is 28.6 Å². The SMILES string of the molecule is Cc1ccc([C@H](O)c2ccco2)c(C)c1. The van der Waals surface area contributed by atoms with E-state index in [9.17, 15) is 5.11 Å². The summed E-state index contributed by atoms with van der Waals surface area (Å²) < 4.78 is 5.18. The molecule has 2 aromatic rings. The number of aryl methyl sites for hydroxylation is 2. The third-order valence-electron chi connectivity index (χ3n) is 2.53. The summed E-state index contributed by atoms with van der Waals surface area (Å²) in [5.41, 5.74) is 3.18. The normalized spacial score (nSPS) is 12.7. The van der Waals surface area contributed by atoms with Crippen molar-refractivity contribution in [3.8, 4) is 0 Å². The van der Waals surface area contributed by atoms with Crippen LogP contribution < -0.4 is 0 Å². The Morgan fingerprint density at radius 3 is 2.60 bits per heavy atom. The summed E-state index contributed by atoms with van der Waals surface area (Å²) in [6.07, 6.45) is 0.905. The maximum absolute atomic E-state index is 10.1. The van der Waals surface area contributed by atoms with Crippen LogP contribution in [-0.2, 0) is 0 Å². The number of hydrogen-bond donors (Lipinski definition) is 1. The largest absolute Gasteiger partial charge is 0.466 e. The van der Waals surface area contributed by atoms with Gasteiger partial charge in [-0.15, -0.1) is 0 Å². The fourth-order valence-electron chi connectivity index (χ4n) is 1.73. The predicted octanol–water partition coefficient (Wildman–Crippen LogP) is 2.98. The Bertz CT molecular complexity index is 444. The molecule has 0 fully saturated rings. The van der Waals surface area contributed by atoms with Crippen molar-refractivity contribution in [1.29, 1.82) is 0 Å². The van der Waals surface area contributed by atoms with Crippen LogP contribution in [-0.4, -0.2) is 5.11 Å². The highest BCUT2D eigenvalue weighted by Gasteiger charge is 2.14. The molecule has 0 spiro atoms. The molecule has 1 N–H and O–H groups in total. The summed E-state index contributed by atoms with van der Waals surface area (Å²) in [4.78, 5) is 0. The summed E-state index contributed by atoms with van der Waals surface area (Å²) >= 11 is 0. The van der Waals surface area contributed by atoms with Crippen LogP contribution in [0, 0.1) is 13.8 Å². The molecule has 2 heteroatoms. The van der Waals surface area contributed by atoms with Gasteiger partial charge < -0.3 is 9.52 Å². The van der Waals surface area contributed by atoms with Crippen LogP contribution in [0.25, 0.3) is 0 Å². The molecule has 0 aliphatic carbocycles. The number of rotatable bonds is 2. The first-order chi connectivity index (χ1) is 7.18. The fraction of sp³-hybridized carbons (Fsp3) is 0.231. The van der Waals surface area contributed by atoms with E-state index in [1.54, 1.807) is 18.4 Å². The highest BCUT2D eigenvalue weighted by Crippen LogP contribution is 2.25. The molecule has 0 saturated heterocycles. The Morgan fingerprint density at radius 2 is 2.00 bits per heavy atom. The summed E-state index contributed by atoms with van der Waals surface area (Å²) in [5.74, 6) is 0.585. The smallest absolute Gasteiger partial charge is 0.137 e. The molecule has 1 aromatic heterocycles. The maximum atomic E-state index is 10.1. The van der Waals surface area contributed by atoms with Crippen LogP contribution in [0.3, 0.4) is 0 Å². The van der Waals surface area contributed by atoms with Crippen LogP contribution in [0.4, 0.5) is 0 Å². The lowest BCUT2D eigenvalue weighted by molar-refractivity contribution is 0.188. The van der Waals surface area contributed by atoms with Crippen molar-refractivity contribution in [3.63, 3.8) is 0 Å². The second-order valence-corrected chi connectivity index (χ2v) is 3.78. The average Bonchev–Trinajstić information content (AvgIpc) is 2.69. The molecule has 0 aliphatic rings. The molecule has 0 bridgehead atoms. The third-order valence-corrected chi connectivity index (χ3v) is 2.53. The molecule has 1 atom stereocenters. The topological polar surface area (TPSA) is 33.4 Å². The number of aliphatic hydroxyl groups is 1. The zero-order valence-electron chi connectivity index (χ0n) is 8.90. The van der Waals surface area contributed by atoms with Gasteiger partial charge >= 0.3 is 0 Å². The number of aliphatic hydroxyl groups excluding tert-OH is 1. The molecule has 2 rings (SSSR count). The van der Waals surface area contributed by atoms with Gasteiger partial charge in [0, 0.05) is 0 Å². The quantitative estimate of drug-likeness (QED) is 0.812. The van der Waals surface area contributed by atoms with Gasteiger partial charge in [0.2, 0.25) is 0 Å². The lowest BCUT2D eigenvalue weighted by Crippen LogP contribution is -2.00. The monoisotopic (exact) mass is 202 g/mol. The van der Waals surface area contributed by atoms with E-state index in [-0.39, 0.29) is 0 Å². The van der Waals surface area contributed by atoms with E-state index in [2.05, 4.69) is 6.07 Å². The molecule has 15 heavy (non-hydrogen) atoms. The zero-order chi connectivity index (χ0) is 10.8. The molecule has 0 unspecified atom stereocenters. The first-order valence-corrected chi connectivity index (χ1v) is 4.97. The molecule has 0 saturated carbocycles. The summed E-state index contributed by atoms with van der Waals surface area (Å²) in [6.45, 7) is 4.03. The molecule has 78 valence electrons. The van der Waals surface area contributed by atoms with E-state index in [1.165, 1.54) is 5.56 Å². The Labute approximate surface area is 89.2 Å². The van der Waals surface area contributed by atoms with Crippen LogP contribution in [0.15, 0.2) is 41.0 Å². The summed E-state index contributed by atoms with van der Waals surface area (Å²) in [7, 11) is 0. The molecule has 0 radical (unpaired) electrons. The lowest BCUT2D eigenvalue weighted by Gasteiger charge is -2.11. The third kappa shape index (κ3) is 1.95. The summed E-state index contributed by atoms with van der Waals surface area (Å²) in [6, 6.07) is 9.56. The molecule has 2 nitrogen and oxygen atoms in total. The number of benzene rings is 1.